The Balaban J connectivity index is 0.00000272. The van der Waals surface area contributed by atoms with E-state index in [1.807, 2.05) is 36.4 Å². The molecule has 0 atom stereocenters. The van der Waals surface area contributed by atoms with Crippen LogP contribution in [0, 0.1) is 0 Å². The van der Waals surface area contributed by atoms with Crippen LogP contribution in [0.3, 0.4) is 0 Å². The molecule has 6 heteroatoms. The van der Waals surface area contributed by atoms with Crippen molar-refractivity contribution >= 4 is 18.2 Å². The number of likely N-dealkylation sites (tertiary alicyclic amines) is 2. The van der Waals surface area contributed by atoms with Gasteiger partial charge in [0, 0.05) is 52.5 Å². The summed E-state index contributed by atoms with van der Waals surface area (Å²) in [5.74, 6) is 0.313. The maximum absolute atomic E-state index is 14.3. The summed E-state index contributed by atoms with van der Waals surface area (Å²) in [7, 11) is 0. The van der Waals surface area contributed by atoms with Gasteiger partial charge < -0.3 is 20.0 Å². The molecule has 0 unspecified atom stereocenters. The van der Waals surface area contributed by atoms with Crippen molar-refractivity contribution in [3.63, 3.8) is 0 Å². The molecule has 2 saturated heterocycles. The van der Waals surface area contributed by atoms with Gasteiger partial charge in [0.1, 0.15) is 0 Å². The smallest absolute Gasteiger partial charge is 0.159 e. The quantitative estimate of drug-likeness (QED) is 0.653. The van der Waals surface area contributed by atoms with E-state index in [1.54, 1.807) is 0 Å². The van der Waals surface area contributed by atoms with Crippen molar-refractivity contribution in [1.29, 1.82) is 0 Å². The molecule has 2 aliphatic heterocycles. The number of rotatable bonds is 8. The van der Waals surface area contributed by atoms with Gasteiger partial charge in [-0.05, 0) is 24.0 Å². The second kappa shape index (κ2) is 10.2. The number of benzene rings is 2. The van der Waals surface area contributed by atoms with Crippen LogP contribution in [0.25, 0.3) is 0 Å². The van der Waals surface area contributed by atoms with E-state index >= 15 is 0 Å². The normalized spacial score (nSPS) is 26.5. The highest BCUT2D eigenvalue weighted by molar-refractivity contribution is 6.01. The SMILES string of the molecule is Cl.O=C1C2(c3ccccc3)CN(CCCO)CC1(c1ccccc1)CN(CCCO)C2. The van der Waals surface area contributed by atoms with Gasteiger partial charge in [0.2, 0.25) is 0 Å². The van der Waals surface area contributed by atoms with Gasteiger partial charge in [-0.15, -0.1) is 12.4 Å². The minimum atomic E-state index is -0.613. The van der Waals surface area contributed by atoms with E-state index in [2.05, 4.69) is 34.1 Å². The van der Waals surface area contributed by atoms with Crippen molar-refractivity contribution in [2.75, 3.05) is 52.5 Å². The van der Waals surface area contributed by atoms with Gasteiger partial charge in [0.15, 0.2) is 5.78 Å². The molecule has 0 spiro atoms. The number of Topliss-reactive ketones (excluding diaryl/α,β-unsaturated/α-hetero) is 1. The molecule has 2 N–H and O–H groups in total. The van der Waals surface area contributed by atoms with Crippen LogP contribution in [-0.2, 0) is 15.6 Å². The largest absolute Gasteiger partial charge is 0.396 e. The number of halogens is 1. The van der Waals surface area contributed by atoms with Crippen molar-refractivity contribution in [3.05, 3.63) is 71.8 Å². The highest BCUT2D eigenvalue weighted by atomic mass is 35.5. The number of fused-ring (bicyclic) bond motifs is 2. The summed E-state index contributed by atoms with van der Waals surface area (Å²) < 4.78 is 0. The number of aliphatic hydroxyl groups excluding tert-OH is 2. The van der Waals surface area contributed by atoms with Gasteiger partial charge in [0.05, 0.1) is 10.8 Å². The fourth-order valence-corrected chi connectivity index (χ4v) is 5.53. The van der Waals surface area contributed by atoms with Gasteiger partial charge >= 0.3 is 0 Å². The molecule has 0 saturated carbocycles. The Morgan fingerprint density at radius 2 is 1.03 bits per heavy atom. The standard InChI is InChI=1S/C25H32N2O3.ClH/c28-15-7-13-26-17-24(21-9-3-1-4-10-21)18-27(14-8-16-29)20-25(19-26,23(24)30)22-11-5-2-6-12-22;/h1-6,9-12,28-29H,7-8,13-20H2;1H. The van der Waals surface area contributed by atoms with E-state index in [9.17, 15) is 15.0 Å². The Morgan fingerprint density at radius 1 is 0.677 bits per heavy atom. The molecule has 2 bridgehead atoms. The molecular weight excluding hydrogens is 412 g/mol. The van der Waals surface area contributed by atoms with Gasteiger partial charge in [-0.2, -0.15) is 0 Å². The minimum Gasteiger partial charge on any atom is -0.396 e. The van der Waals surface area contributed by atoms with Crippen LogP contribution in [0.15, 0.2) is 60.7 Å². The first kappa shape index (κ1) is 23.9. The summed E-state index contributed by atoms with van der Waals surface area (Å²) >= 11 is 0. The number of piperidine rings is 2. The molecule has 2 aromatic carbocycles. The van der Waals surface area contributed by atoms with E-state index < -0.39 is 10.8 Å². The number of carbonyl (C=O) groups excluding carboxylic acids is 1. The predicted molar refractivity (Wildman–Crippen MR) is 125 cm³/mol. The van der Waals surface area contributed by atoms with E-state index in [0.29, 0.717) is 44.8 Å². The van der Waals surface area contributed by atoms with Crippen molar-refractivity contribution < 1.29 is 15.0 Å². The van der Waals surface area contributed by atoms with Crippen molar-refractivity contribution in [1.82, 2.24) is 9.80 Å². The molecule has 2 aromatic rings. The molecule has 31 heavy (non-hydrogen) atoms. The lowest BCUT2D eigenvalue weighted by Crippen LogP contribution is -2.73. The Labute approximate surface area is 191 Å². The molecular formula is C25H33ClN2O3. The zero-order chi connectivity index (χ0) is 21.0. The Morgan fingerprint density at radius 3 is 1.35 bits per heavy atom. The number of nitrogens with zero attached hydrogens (tertiary/aromatic N) is 2. The molecule has 0 radical (unpaired) electrons. The fraction of sp³-hybridized carbons (Fsp3) is 0.480. The molecule has 168 valence electrons. The third-order valence-corrected chi connectivity index (χ3v) is 6.76. The van der Waals surface area contributed by atoms with Crippen LogP contribution in [0.2, 0.25) is 0 Å². The highest BCUT2D eigenvalue weighted by Gasteiger charge is 2.61. The molecule has 0 aromatic heterocycles. The first-order valence-electron chi connectivity index (χ1n) is 11.0. The van der Waals surface area contributed by atoms with Crippen LogP contribution < -0.4 is 0 Å². The number of hydrogen-bond donors (Lipinski definition) is 2. The zero-order valence-electron chi connectivity index (χ0n) is 17.9. The molecule has 5 nitrogen and oxygen atoms in total. The monoisotopic (exact) mass is 444 g/mol. The number of aliphatic hydroxyl groups is 2. The fourth-order valence-electron chi connectivity index (χ4n) is 5.53. The van der Waals surface area contributed by atoms with Crippen molar-refractivity contribution in [3.8, 4) is 0 Å². The van der Waals surface area contributed by atoms with Crippen LogP contribution in [0.1, 0.15) is 24.0 Å². The Kier molecular flexibility index (Phi) is 7.89. The summed E-state index contributed by atoms with van der Waals surface area (Å²) in [6.45, 7) is 4.54. The van der Waals surface area contributed by atoms with Gasteiger partial charge in [-0.1, -0.05) is 60.7 Å². The average Bonchev–Trinajstić information content (AvgIpc) is 2.78. The topological polar surface area (TPSA) is 64.0 Å². The maximum atomic E-state index is 14.3. The van der Waals surface area contributed by atoms with Gasteiger partial charge in [0.25, 0.3) is 0 Å². The Hall–Kier alpha value is -1.76. The van der Waals surface area contributed by atoms with Gasteiger partial charge in [-0.25, -0.2) is 0 Å². The average molecular weight is 445 g/mol. The number of ketones is 1. The number of carbonyl (C=O) groups is 1. The van der Waals surface area contributed by atoms with Crippen LogP contribution >= 0.6 is 12.4 Å². The molecule has 4 rings (SSSR count). The molecule has 0 aliphatic carbocycles. The third-order valence-electron chi connectivity index (χ3n) is 6.76. The molecule has 2 aliphatic rings. The lowest BCUT2D eigenvalue weighted by molar-refractivity contribution is -0.144. The minimum absolute atomic E-state index is 0. The second-order valence-electron chi connectivity index (χ2n) is 8.80. The second-order valence-corrected chi connectivity index (χ2v) is 8.80. The maximum Gasteiger partial charge on any atom is 0.159 e. The van der Waals surface area contributed by atoms with E-state index in [1.165, 1.54) is 0 Å². The van der Waals surface area contributed by atoms with Crippen LogP contribution in [0.4, 0.5) is 0 Å². The van der Waals surface area contributed by atoms with Crippen molar-refractivity contribution in [2.45, 2.75) is 23.7 Å². The molecule has 2 fully saturated rings. The van der Waals surface area contributed by atoms with E-state index in [4.69, 9.17) is 0 Å². The first-order valence-corrected chi connectivity index (χ1v) is 11.0. The van der Waals surface area contributed by atoms with Gasteiger partial charge in [-0.3, -0.25) is 4.79 Å². The highest BCUT2D eigenvalue weighted by Crippen LogP contribution is 2.46. The van der Waals surface area contributed by atoms with E-state index in [0.717, 1.165) is 24.2 Å². The molecule has 0 amide bonds. The van der Waals surface area contributed by atoms with Crippen LogP contribution in [0.5, 0.6) is 0 Å². The summed E-state index contributed by atoms with van der Waals surface area (Å²) in [6.07, 6.45) is 1.41. The predicted octanol–water partition coefficient (Wildman–Crippen LogP) is 2.25. The Bertz CT molecular complexity index is 765. The summed E-state index contributed by atoms with van der Waals surface area (Å²) in [6, 6.07) is 20.4. The van der Waals surface area contributed by atoms with E-state index in [-0.39, 0.29) is 25.6 Å². The third kappa shape index (κ3) is 4.43. The van der Waals surface area contributed by atoms with Crippen LogP contribution in [-0.4, -0.2) is 78.3 Å². The lowest BCUT2D eigenvalue weighted by atomic mass is 9.57. The zero-order valence-corrected chi connectivity index (χ0v) is 18.8. The lowest BCUT2D eigenvalue weighted by Gasteiger charge is -2.58. The summed E-state index contributed by atoms with van der Waals surface area (Å²) in [5.41, 5.74) is 0.909. The summed E-state index contributed by atoms with van der Waals surface area (Å²) in [5, 5.41) is 18.9. The molecule has 2 heterocycles. The van der Waals surface area contributed by atoms with Crippen molar-refractivity contribution in [2.24, 2.45) is 0 Å². The summed E-state index contributed by atoms with van der Waals surface area (Å²) in [4.78, 5) is 19.1. The number of hydrogen-bond acceptors (Lipinski definition) is 5. The first-order chi connectivity index (χ1) is 14.6.